The highest BCUT2D eigenvalue weighted by molar-refractivity contribution is 5.93. The first-order valence-electron chi connectivity index (χ1n) is 10.4. The van der Waals surface area contributed by atoms with E-state index in [0.29, 0.717) is 45.6 Å². The van der Waals surface area contributed by atoms with Crippen LogP contribution in [0.2, 0.25) is 0 Å². The van der Waals surface area contributed by atoms with Crippen molar-refractivity contribution in [1.82, 2.24) is 15.0 Å². The van der Waals surface area contributed by atoms with Gasteiger partial charge in [-0.25, -0.2) is 28.5 Å². The highest BCUT2D eigenvalue weighted by Gasteiger charge is 2.33. The maximum Gasteiger partial charge on any atom is 0.340 e. The summed E-state index contributed by atoms with van der Waals surface area (Å²) >= 11 is 0. The molecule has 10 heteroatoms. The van der Waals surface area contributed by atoms with Crippen LogP contribution in [0, 0.1) is 0 Å². The summed E-state index contributed by atoms with van der Waals surface area (Å²) in [5.74, 6) is 0.625. The van der Waals surface area contributed by atoms with Crippen LogP contribution in [0.25, 0.3) is 10.8 Å². The zero-order valence-corrected chi connectivity index (χ0v) is 18.8. The molecule has 0 saturated carbocycles. The smallest absolute Gasteiger partial charge is 0.340 e. The topological polar surface area (TPSA) is 112 Å². The number of alkyl halides is 2. The van der Waals surface area contributed by atoms with Gasteiger partial charge < -0.3 is 20.5 Å². The average Bonchev–Trinajstić information content (AvgIpc) is 2.69. The van der Waals surface area contributed by atoms with Gasteiger partial charge in [0.2, 0.25) is 5.88 Å². The lowest BCUT2D eigenvalue weighted by Gasteiger charge is -2.30. The predicted octanol–water partition coefficient (Wildman–Crippen LogP) is 4.10. The Morgan fingerprint density at radius 1 is 1.21 bits per heavy atom. The van der Waals surface area contributed by atoms with Crippen LogP contribution in [-0.2, 0) is 16.7 Å². The Morgan fingerprint density at radius 3 is 2.67 bits per heavy atom. The predicted molar refractivity (Wildman–Crippen MR) is 119 cm³/mol. The second kappa shape index (κ2) is 8.18. The van der Waals surface area contributed by atoms with Crippen LogP contribution in [0.3, 0.4) is 0 Å². The molecular formula is C23H25F2N5O3. The Labute approximate surface area is 189 Å². The van der Waals surface area contributed by atoms with Crippen molar-refractivity contribution in [3.05, 3.63) is 47.4 Å². The molecule has 3 aromatic rings. The van der Waals surface area contributed by atoms with Gasteiger partial charge in [-0.15, -0.1) is 0 Å². The number of fused-ring (bicyclic) bond motifs is 2. The van der Waals surface area contributed by atoms with Gasteiger partial charge in [-0.1, -0.05) is 0 Å². The lowest BCUT2D eigenvalue weighted by molar-refractivity contribution is -0.00714. The van der Waals surface area contributed by atoms with Crippen LogP contribution < -0.4 is 15.8 Å². The van der Waals surface area contributed by atoms with Crippen LogP contribution >= 0.6 is 0 Å². The van der Waals surface area contributed by atoms with Gasteiger partial charge in [-0.2, -0.15) is 0 Å². The molecule has 174 valence electrons. The molecule has 4 heterocycles. The Hall–Kier alpha value is -3.40. The summed E-state index contributed by atoms with van der Waals surface area (Å²) in [6, 6.07) is 5.08. The minimum atomic E-state index is -2.63. The molecule has 8 nitrogen and oxygen atoms in total. The van der Waals surface area contributed by atoms with Gasteiger partial charge in [0, 0.05) is 24.4 Å². The molecule has 33 heavy (non-hydrogen) atoms. The van der Waals surface area contributed by atoms with E-state index in [0.717, 1.165) is 0 Å². The minimum Gasteiger partial charge on any atom is -0.471 e. The van der Waals surface area contributed by atoms with Gasteiger partial charge >= 0.3 is 5.97 Å². The monoisotopic (exact) mass is 457 g/mol. The summed E-state index contributed by atoms with van der Waals surface area (Å²) in [4.78, 5) is 25.3. The van der Waals surface area contributed by atoms with E-state index in [1.807, 2.05) is 27.7 Å². The largest absolute Gasteiger partial charge is 0.471 e. The van der Waals surface area contributed by atoms with Crippen molar-refractivity contribution in [3.8, 4) is 5.88 Å². The van der Waals surface area contributed by atoms with Gasteiger partial charge in [-0.05, 0) is 56.8 Å². The van der Waals surface area contributed by atoms with Crippen molar-refractivity contribution in [1.29, 1.82) is 0 Å². The summed E-state index contributed by atoms with van der Waals surface area (Å²) in [5, 5.41) is 4.28. The molecule has 0 aliphatic carbocycles. The fraction of sp³-hybridized carbons (Fsp3) is 0.391. The zero-order valence-electron chi connectivity index (χ0n) is 18.8. The maximum atomic E-state index is 12.7. The van der Waals surface area contributed by atoms with Crippen LogP contribution in [0.1, 0.15) is 49.3 Å². The number of pyridine rings is 3. The highest BCUT2D eigenvalue weighted by atomic mass is 19.3. The number of hydrogen-bond donors (Lipinski definition) is 2. The number of cyclic esters (lactones) is 1. The Balaban J connectivity index is 1.71. The number of aromatic nitrogens is 3. The van der Waals surface area contributed by atoms with Crippen molar-refractivity contribution in [2.24, 2.45) is 5.73 Å². The molecule has 0 spiro atoms. The van der Waals surface area contributed by atoms with Crippen molar-refractivity contribution in [2.45, 2.75) is 51.7 Å². The van der Waals surface area contributed by atoms with E-state index < -0.39 is 30.1 Å². The lowest BCUT2D eigenvalue weighted by Crippen LogP contribution is -2.36. The molecule has 4 rings (SSSR count). The average molecular weight is 457 g/mol. The Morgan fingerprint density at radius 2 is 1.97 bits per heavy atom. The molecule has 0 unspecified atom stereocenters. The van der Waals surface area contributed by atoms with E-state index in [1.54, 1.807) is 18.2 Å². The van der Waals surface area contributed by atoms with Gasteiger partial charge in [0.25, 0.3) is 6.43 Å². The quantitative estimate of drug-likeness (QED) is 0.532. The number of hydrogen-bond acceptors (Lipinski definition) is 8. The van der Waals surface area contributed by atoms with Crippen LogP contribution in [0.5, 0.6) is 5.88 Å². The number of carbonyl (C=O) groups excluding carboxylic acids is 1. The van der Waals surface area contributed by atoms with Gasteiger partial charge in [-0.3, -0.25) is 0 Å². The summed E-state index contributed by atoms with van der Waals surface area (Å²) in [6.07, 6.45) is 0.882. The highest BCUT2D eigenvalue weighted by Crippen LogP contribution is 2.33. The molecule has 0 atom stereocenters. The fourth-order valence-corrected chi connectivity index (χ4v) is 3.72. The molecule has 1 aliphatic heterocycles. The molecule has 0 bridgehead atoms. The first-order valence-corrected chi connectivity index (χ1v) is 10.4. The molecule has 0 aromatic carbocycles. The van der Waals surface area contributed by atoms with E-state index in [9.17, 15) is 13.6 Å². The molecular weight excluding hydrogens is 432 g/mol. The van der Waals surface area contributed by atoms with Crippen LogP contribution in [0.15, 0.2) is 30.6 Å². The summed E-state index contributed by atoms with van der Waals surface area (Å²) in [7, 11) is 0. The number of nitrogens with zero attached hydrogens (tertiary/aromatic N) is 3. The van der Waals surface area contributed by atoms with Crippen molar-refractivity contribution >= 4 is 28.4 Å². The fourth-order valence-electron chi connectivity index (χ4n) is 3.72. The van der Waals surface area contributed by atoms with Gasteiger partial charge in [0.1, 0.15) is 17.2 Å². The molecule has 1 aliphatic rings. The van der Waals surface area contributed by atoms with E-state index in [4.69, 9.17) is 15.2 Å². The number of carbonyl (C=O) groups is 1. The first-order chi connectivity index (χ1) is 15.4. The minimum absolute atomic E-state index is 0.0602. The third kappa shape index (κ3) is 4.85. The van der Waals surface area contributed by atoms with E-state index >= 15 is 0 Å². The summed E-state index contributed by atoms with van der Waals surface area (Å²) < 4.78 is 35.9. The molecule has 3 N–H and O–H groups in total. The second-order valence-electron chi connectivity index (χ2n) is 9.16. The van der Waals surface area contributed by atoms with Gasteiger partial charge in [0.15, 0.2) is 6.61 Å². The summed E-state index contributed by atoms with van der Waals surface area (Å²) in [5.41, 5.74) is 6.70. The number of nitrogens with two attached hydrogens (primary N) is 1. The van der Waals surface area contributed by atoms with Crippen LogP contribution in [-0.4, -0.2) is 39.6 Å². The lowest BCUT2D eigenvalue weighted by atomic mass is 9.93. The number of esters is 1. The number of ether oxygens (including phenoxy) is 2. The van der Waals surface area contributed by atoms with E-state index in [-0.39, 0.29) is 5.88 Å². The molecule has 0 radical (unpaired) electrons. The van der Waals surface area contributed by atoms with Crippen molar-refractivity contribution in [2.75, 3.05) is 11.9 Å². The number of nitrogens with one attached hydrogen (secondary N) is 1. The number of anilines is 2. The van der Waals surface area contributed by atoms with Crippen molar-refractivity contribution < 1.29 is 23.0 Å². The Kier molecular flexibility index (Phi) is 5.65. The van der Waals surface area contributed by atoms with E-state index in [1.165, 1.54) is 12.4 Å². The second-order valence-corrected chi connectivity index (χ2v) is 9.16. The maximum absolute atomic E-state index is 12.7. The molecule has 0 amide bonds. The Bertz CT molecular complexity index is 1220. The zero-order chi connectivity index (χ0) is 24.0. The standard InChI is InChI=1S/C23H25F2N5O3/c1-22(2)8-16-12(21(31)33-22)5-6-18(29-16)30-19-7-13-14(9-27-19)20(32-11-17(24)25)28-10-15(13)23(3,4)26/h5-7,9-10,17H,8,11,26H2,1-4H3,(H,27,29,30). The number of rotatable bonds is 6. The van der Waals surface area contributed by atoms with E-state index in [2.05, 4.69) is 20.3 Å². The number of halogens is 2. The van der Waals surface area contributed by atoms with Gasteiger partial charge in [0.05, 0.1) is 16.6 Å². The third-order valence-corrected chi connectivity index (χ3v) is 5.19. The van der Waals surface area contributed by atoms with Crippen LogP contribution in [0.4, 0.5) is 20.4 Å². The van der Waals surface area contributed by atoms with Crippen molar-refractivity contribution in [3.63, 3.8) is 0 Å². The molecule has 0 saturated heterocycles. The normalized spacial score (nSPS) is 15.3. The SMILES string of the molecule is CC1(C)Cc2nc(Nc3cc4c(C(C)(C)N)cnc(OCC(F)F)c4cn3)ccc2C(=O)O1. The molecule has 0 fully saturated rings. The third-order valence-electron chi connectivity index (χ3n) is 5.19. The molecule has 3 aromatic heterocycles. The first kappa shape index (κ1) is 22.8. The summed E-state index contributed by atoms with van der Waals surface area (Å²) in [6.45, 7) is 6.53.